The molecule has 2 heterocycles. The lowest BCUT2D eigenvalue weighted by atomic mass is 10.1. The molecule has 2 aromatic heterocycles. The SMILES string of the molecule is Cc1ccc(OCCCn2c(CNC(=O)c3ccncc3)nc3ccccc32)cc1C. The largest absolute Gasteiger partial charge is 0.494 e. The number of para-hydroxylation sites is 2. The summed E-state index contributed by atoms with van der Waals surface area (Å²) in [6.07, 6.45) is 4.05. The standard InChI is InChI=1S/C25H26N4O2/c1-18-8-9-21(16-19(18)2)31-15-5-14-29-23-7-4-3-6-22(23)28-24(29)17-27-25(30)20-10-12-26-13-11-20/h3-4,6-13,16H,5,14-15,17H2,1-2H3,(H,27,30). The van der Waals surface area contributed by atoms with Crippen molar-refractivity contribution in [2.24, 2.45) is 0 Å². The van der Waals surface area contributed by atoms with E-state index in [2.05, 4.69) is 46.9 Å². The second-order valence-electron chi connectivity index (χ2n) is 7.54. The van der Waals surface area contributed by atoms with Crippen LogP contribution in [0.3, 0.4) is 0 Å². The number of carbonyl (C=O) groups is 1. The molecular formula is C25H26N4O2. The van der Waals surface area contributed by atoms with E-state index in [-0.39, 0.29) is 5.91 Å². The highest BCUT2D eigenvalue weighted by molar-refractivity contribution is 5.93. The second kappa shape index (κ2) is 9.43. The van der Waals surface area contributed by atoms with Crippen LogP contribution in [0.4, 0.5) is 0 Å². The number of aryl methyl sites for hydroxylation is 3. The number of nitrogens with zero attached hydrogens (tertiary/aromatic N) is 3. The van der Waals surface area contributed by atoms with Gasteiger partial charge in [-0.3, -0.25) is 9.78 Å². The van der Waals surface area contributed by atoms with Crippen LogP contribution >= 0.6 is 0 Å². The van der Waals surface area contributed by atoms with Crippen molar-refractivity contribution in [2.45, 2.75) is 33.4 Å². The number of rotatable bonds is 8. The van der Waals surface area contributed by atoms with Gasteiger partial charge in [-0.1, -0.05) is 18.2 Å². The van der Waals surface area contributed by atoms with Crippen LogP contribution in [0.1, 0.15) is 33.7 Å². The van der Waals surface area contributed by atoms with Crippen molar-refractivity contribution >= 4 is 16.9 Å². The Morgan fingerprint density at radius 3 is 2.65 bits per heavy atom. The van der Waals surface area contributed by atoms with E-state index >= 15 is 0 Å². The minimum atomic E-state index is -0.140. The first kappa shape index (κ1) is 20.6. The molecule has 31 heavy (non-hydrogen) atoms. The minimum absolute atomic E-state index is 0.140. The van der Waals surface area contributed by atoms with E-state index in [1.807, 2.05) is 24.3 Å². The Kier molecular flexibility index (Phi) is 6.26. The van der Waals surface area contributed by atoms with Crippen molar-refractivity contribution in [1.82, 2.24) is 19.9 Å². The number of nitrogens with one attached hydrogen (secondary N) is 1. The zero-order valence-electron chi connectivity index (χ0n) is 17.8. The van der Waals surface area contributed by atoms with Crippen LogP contribution in [0, 0.1) is 13.8 Å². The fourth-order valence-electron chi connectivity index (χ4n) is 3.49. The Bertz CT molecular complexity index is 1180. The Balaban J connectivity index is 1.42. The number of fused-ring (bicyclic) bond motifs is 1. The third-order valence-corrected chi connectivity index (χ3v) is 5.36. The summed E-state index contributed by atoms with van der Waals surface area (Å²) in [4.78, 5) is 21.1. The van der Waals surface area contributed by atoms with Gasteiger partial charge >= 0.3 is 0 Å². The number of hydrogen-bond acceptors (Lipinski definition) is 4. The van der Waals surface area contributed by atoms with E-state index in [0.29, 0.717) is 18.7 Å². The monoisotopic (exact) mass is 414 g/mol. The van der Waals surface area contributed by atoms with Crippen LogP contribution in [-0.4, -0.2) is 27.0 Å². The number of pyridine rings is 1. The van der Waals surface area contributed by atoms with Crippen molar-refractivity contribution < 1.29 is 9.53 Å². The number of amides is 1. The highest BCUT2D eigenvalue weighted by Crippen LogP contribution is 2.19. The summed E-state index contributed by atoms with van der Waals surface area (Å²) < 4.78 is 8.10. The first-order chi connectivity index (χ1) is 15.1. The molecule has 0 saturated heterocycles. The van der Waals surface area contributed by atoms with Gasteiger partial charge in [-0.25, -0.2) is 4.98 Å². The van der Waals surface area contributed by atoms with Gasteiger partial charge in [0.25, 0.3) is 5.91 Å². The first-order valence-electron chi connectivity index (χ1n) is 10.4. The number of benzene rings is 2. The summed E-state index contributed by atoms with van der Waals surface area (Å²) in [5.74, 6) is 1.58. The number of hydrogen-bond donors (Lipinski definition) is 1. The number of aromatic nitrogens is 3. The maximum Gasteiger partial charge on any atom is 0.251 e. The molecule has 0 aliphatic rings. The molecule has 158 valence electrons. The third-order valence-electron chi connectivity index (χ3n) is 5.36. The molecule has 0 unspecified atom stereocenters. The highest BCUT2D eigenvalue weighted by Gasteiger charge is 2.12. The quantitative estimate of drug-likeness (QED) is 0.433. The number of ether oxygens (including phenoxy) is 1. The molecule has 1 N–H and O–H groups in total. The average Bonchev–Trinajstić information content (AvgIpc) is 3.15. The van der Waals surface area contributed by atoms with Crippen LogP contribution in [0.15, 0.2) is 67.0 Å². The smallest absolute Gasteiger partial charge is 0.251 e. The van der Waals surface area contributed by atoms with E-state index in [4.69, 9.17) is 9.72 Å². The van der Waals surface area contributed by atoms with Crippen molar-refractivity contribution in [3.63, 3.8) is 0 Å². The lowest BCUT2D eigenvalue weighted by Gasteiger charge is -2.12. The Hall–Kier alpha value is -3.67. The van der Waals surface area contributed by atoms with Crippen molar-refractivity contribution in [1.29, 1.82) is 0 Å². The third kappa shape index (κ3) is 4.91. The number of carbonyl (C=O) groups excluding carboxylic acids is 1. The zero-order chi connectivity index (χ0) is 21.6. The van der Waals surface area contributed by atoms with Crippen LogP contribution < -0.4 is 10.1 Å². The molecule has 1 amide bonds. The van der Waals surface area contributed by atoms with Gasteiger partial charge in [0.1, 0.15) is 11.6 Å². The van der Waals surface area contributed by atoms with E-state index in [0.717, 1.165) is 35.6 Å². The predicted octanol–water partition coefficient (Wildman–Crippen LogP) is 4.45. The Morgan fingerprint density at radius 2 is 1.84 bits per heavy atom. The molecule has 6 heteroatoms. The minimum Gasteiger partial charge on any atom is -0.494 e. The van der Waals surface area contributed by atoms with Gasteiger partial charge in [-0.15, -0.1) is 0 Å². The van der Waals surface area contributed by atoms with Crippen LogP contribution in [0.25, 0.3) is 11.0 Å². The normalized spacial score (nSPS) is 10.9. The molecule has 0 saturated carbocycles. The molecular weight excluding hydrogens is 388 g/mol. The van der Waals surface area contributed by atoms with Crippen LogP contribution in [0.2, 0.25) is 0 Å². The zero-order valence-corrected chi connectivity index (χ0v) is 17.8. The van der Waals surface area contributed by atoms with Crippen molar-refractivity contribution in [2.75, 3.05) is 6.61 Å². The van der Waals surface area contributed by atoms with Gasteiger partial charge < -0.3 is 14.6 Å². The summed E-state index contributed by atoms with van der Waals surface area (Å²) in [6.45, 7) is 5.90. The van der Waals surface area contributed by atoms with E-state index in [1.54, 1.807) is 24.5 Å². The van der Waals surface area contributed by atoms with Gasteiger partial charge in [0, 0.05) is 24.5 Å². The Morgan fingerprint density at radius 1 is 1.03 bits per heavy atom. The lowest BCUT2D eigenvalue weighted by Crippen LogP contribution is -2.25. The molecule has 4 rings (SSSR count). The van der Waals surface area contributed by atoms with Gasteiger partial charge in [0.05, 0.1) is 24.2 Å². The van der Waals surface area contributed by atoms with Crippen LogP contribution in [0.5, 0.6) is 5.75 Å². The molecule has 0 radical (unpaired) electrons. The molecule has 6 nitrogen and oxygen atoms in total. The molecule has 0 bridgehead atoms. The van der Waals surface area contributed by atoms with Crippen LogP contribution in [-0.2, 0) is 13.1 Å². The second-order valence-corrected chi connectivity index (χ2v) is 7.54. The van der Waals surface area contributed by atoms with Gasteiger partial charge in [0.15, 0.2) is 0 Å². The summed E-state index contributed by atoms with van der Waals surface area (Å²) in [5, 5.41) is 2.96. The summed E-state index contributed by atoms with van der Waals surface area (Å²) in [7, 11) is 0. The van der Waals surface area contributed by atoms with Crippen molar-refractivity contribution in [3.05, 3.63) is 89.5 Å². The van der Waals surface area contributed by atoms with Gasteiger partial charge in [0.2, 0.25) is 0 Å². The van der Waals surface area contributed by atoms with Crippen molar-refractivity contribution in [3.8, 4) is 5.75 Å². The number of imidazole rings is 1. The van der Waals surface area contributed by atoms with Gasteiger partial charge in [-0.2, -0.15) is 0 Å². The summed E-state index contributed by atoms with van der Waals surface area (Å²) in [6, 6.07) is 17.6. The first-order valence-corrected chi connectivity index (χ1v) is 10.4. The molecule has 0 atom stereocenters. The topological polar surface area (TPSA) is 69.0 Å². The summed E-state index contributed by atoms with van der Waals surface area (Å²) >= 11 is 0. The molecule has 0 aliphatic carbocycles. The maximum atomic E-state index is 12.4. The fraction of sp³-hybridized carbons (Fsp3) is 0.240. The lowest BCUT2D eigenvalue weighted by molar-refractivity contribution is 0.0949. The summed E-state index contributed by atoms with van der Waals surface area (Å²) in [5.41, 5.74) is 5.05. The molecule has 0 aliphatic heterocycles. The fourth-order valence-corrected chi connectivity index (χ4v) is 3.49. The van der Waals surface area contributed by atoms with Gasteiger partial charge in [-0.05, 0) is 67.8 Å². The Labute approximate surface area is 181 Å². The maximum absolute atomic E-state index is 12.4. The van der Waals surface area contributed by atoms with E-state index in [9.17, 15) is 4.79 Å². The molecule has 4 aromatic rings. The molecule has 0 fully saturated rings. The van der Waals surface area contributed by atoms with E-state index in [1.165, 1.54) is 11.1 Å². The molecule has 2 aromatic carbocycles. The van der Waals surface area contributed by atoms with E-state index < -0.39 is 0 Å². The average molecular weight is 415 g/mol. The highest BCUT2D eigenvalue weighted by atomic mass is 16.5. The predicted molar refractivity (Wildman–Crippen MR) is 121 cm³/mol. The molecule has 0 spiro atoms.